The molecule has 0 aromatic carbocycles. The molecule has 0 aliphatic rings. The summed E-state index contributed by atoms with van der Waals surface area (Å²) in [6.45, 7) is 1.46. The Morgan fingerprint density at radius 2 is 1.95 bits per heavy atom. The van der Waals surface area contributed by atoms with Crippen LogP contribution in [0.4, 0.5) is 5.82 Å². The van der Waals surface area contributed by atoms with Gasteiger partial charge in [-0.2, -0.15) is 0 Å². The highest BCUT2D eigenvalue weighted by Crippen LogP contribution is 2.22. The number of anilines is 1. The minimum atomic E-state index is -1.05. The molecule has 0 saturated carbocycles. The van der Waals surface area contributed by atoms with Gasteiger partial charge in [0.15, 0.2) is 0 Å². The van der Waals surface area contributed by atoms with Gasteiger partial charge in [0.1, 0.15) is 11.9 Å². The van der Waals surface area contributed by atoms with Crippen molar-refractivity contribution in [2.75, 3.05) is 26.0 Å². The van der Waals surface area contributed by atoms with Crippen LogP contribution in [0.3, 0.4) is 0 Å². The maximum Gasteiger partial charge on any atom is 0.326 e. The lowest BCUT2D eigenvalue weighted by Gasteiger charge is -2.24. The third-order valence-corrected chi connectivity index (χ3v) is 3.18. The topological polar surface area (TPSA) is 73.7 Å². The third-order valence-electron chi connectivity index (χ3n) is 2.75. The van der Waals surface area contributed by atoms with Crippen LogP contribution in [-0.2, 0) is 4.79 Å². The Morgan fingerprint density at radius 3 is 2.42 bits per heavy atom. The number of aliphatic carboxylic acids is 1. The van der Waals surface area contributed by atoms with Crippen LogP contribution in [0.5, 0.6) is 0 Å². The molecule has 0 spiro atoms. The van der Waals surface area contributed by atoms with Crippen LogP contribution < -0.4 is 4.90 Å². The number of nitrogens with zero attached hydrogens (tertiary/aromatic N) is 3. The van der Waals surface area contributed by atoms with Crippen LogP contribution in [0.2, 0.25) is 0 Å². The zero-order valence-electron chi connectivity index (χ0n) is 11.2. The molecule has 19 heavy (non-hydrogen) atoms. The van der Waals surface area contributed by atoms with Gasteiger partial charge in [-0.3, -0.25) is 4.79 Å². The first kappa shape index (κ1) is 15.4. The van der Waals surface area contributed by atoms with Crippen molar-refractivity contribution >= 4 is 33.6 Å². The van der Waals surface area contributed by atoms with Crippen molar-refractivity contribution in [2.45, 2.75) is 13.0 Å². The van der Waals surface area contributed by atoms with Crippen LogP contribution in [-0.4, -0.2) is 54.1 Å². The molecule has 104 valence electrons. The molecule has 0 aliphatic heterocycles. The Hall–Kier alpha value is -1.63. The fraction of sp³-hybridized carbons (Fsp3) is 0.417. The predicted octanol–water partition coefficient (Wildman–Crippen LogP) is 1.46. The third kappa shape index (κ3) is 3.44. The van der Waals surface area contributed by atoms with Gasteiger partial charge < -0.3 is 14.9 Å². The second-order valence-corrected chi connectivity index (χ2v) is 5.27. The number of pyridine rings is 1. The molecular formula is C12H16BrN3O3. The second-order valence-electron chi connectivity index (χ2n) is 4.35. The highest BCUT2D eigenvalue weighted by molar-refractivity contribution is 9.10. The Morgan fingerprint density at radius 1 is 1.37 bits per heavy atom. The molecule has 0 aliphatic carbocycles. The molecule has 1 aromatic rings. The molecule has 1 unspecified atom stereocenters. The first-order valence-electron chi connectivity index (χ1n) is 5.58. The van der Waals surface area contributed by atoms with Crippen molar-refractivity contribution in [3.05, 3.63) is 22.3 Å². The standard InChI is InChI=1S/C12H16BrN3O3/c1-7(12(18)19)16(4)11(17)9-5-8(13)6-14-10(9)15(2)3/h5-7H,1-4H3,(H,18,19). The average molecular weight is 330 g/mol. The lowest BCUT2D eigenvalue weighted by Crippen LogP contribution is -2.40. The van der Waals surface area contributed by atoms with Crippen LogP contribution in [0, 0.1) is 0 Å². The molecular weight excluding hydrogens is 314 g/mol. The molecule has 1 rings (SSSR count). The minimum Gasteiger partial charge on any atom is -0.480 e. The number of aromatic nitrogens is 1. The van der Waals surface area contributed by atoms with E-state index in [1.807, 2.05) is 0 Å². The van der Waals surface area contributed by atoms with E-state index in [4.69, 9.17) is 5.11 Å². The summed E-state index contributed by atoms with van der Waals surface area (Å²) in [5.41, 5.74) is 0.356. The quantitative estimate of drug-likeness (QED) is 0.905. The van der Waals surface area contributed by atoms with Gasteiger partial charge in [0, 0.05) is 31.8 Å². The first-order chi connectivity index (χ1) is 8.75. The fourth-order valence-electron chi connectivity index (χ4n) is 1.48. The van der Waals surface area contributed by atoms with E-state index < -0.39 is 12.0 Å². The first-order valence-corrected chi connectivity index (χ1v) is 6.37. The smallest absolute Gasteiger partial charge is 0.326 e. The Balaban J connectivity index is 3.18. The molecule has 0 fully saturated rings. The highest BCUT2D eigenvalue weighted by Gasteiger charge is 2.25. The summed E-state index contributed by atoms with van der Waals surface area (Å²) in [6.07, 6.45) is 1.59. The van der Waals surface area contributed by atoms with Gasteiger partial charge in [0.25, 0.3) is 5.91 Å². The summed E-state index contributed by atoms with van der Waals surface area (Å²) in [7, 11) is 5.00. The molecule has 7 heteroatoms. The lowest BCUT2D eigenvalue weighted by atomic mass is 10.2. The van der Waals surface area contributed by atoms with Crippen LogP contribution >= 0.6 is 15.9 Å². The predicted molar refractivity (Wildman–Crippen MR) is 75.5 cm³/mol. The number of likely N-dealkylation sites (N-methyl/N-ethyl adjacent to an activating group) is 1. The van der Waals surface area contributed by atoms with E-state index in [-0.39, 0.29) is 5.91 Å². The van der Waals surface area contributed by atoms with Crippen molar-refractivity contribution in [3.63, 3.8) is 0 Å². The largest absolute Gasteiger partial charge is 0.480 e. The number of hydrogen-bond donors (Lipinski definition) is 1. The van der Waals surface area contributed by atoms with E-state index in [1.165, 1.54) is 18.9 Å². The van der Waals surface area contributed by atoms with E-state index in [2.05, 4.69) is 20.9 Å². The van der Waals surface area contributed by atoms with Crippen LogP contribution in [0.15, 0.2) is 16.7 Å². The van der Waals surface area contributed by atoms with Gasteiger partial charge in [0.05, 0.1) is 5.56 Å². The maximum atomic E-state index is 12.3. The van der Waals surface area contributed by atoms with E-state index in [1.54, 1.807) is 31.3 Å². The molecule has 0 bridgehead atoms. The van der Waals surface area contributed by atoms with Gasteiger partial charge in [-0.15, -0.1) is 0 Å². The number of amides is 1. The molecule has 1 atom stereocenters. The maximum absolute atomic E-state index is 12.3. The summed E-state index contributed by atoms with van der Waals surface area (Å²) in [6, 6.07) is 0.733. The number of carbonyl (C=O) groups is 2. The normalized spacial score (nSPS) is 11.8. The van der Waals surface area contributed by atoms with E-state index in [0.717, 1.165) is 0 Å². The van der Waals surface area contributed by atoms with Gasteiger partial charge in [-0.25, -0.2) is 9.78 Å². The van der Waals surface area contributed by atoms with Gasteiger partial charge in [-0.1, -0.05) is 0 Å². The van der Waals surface area contributed by atoms with E-state index in [9.17, 15) is 9.59 Å². The molecule has 1 heterocycles. The van der Waals surface area contributed by atoms with Crippen molar-refractivity contribution in [1.29, 1.82) is 0 Å². The Labute approximate surface area is 120 Å². The summed E-state index contributed by atoms with van der Waals surface area (Å²) >= 11 is 3.26. The number of carboxylic acids is 1. The van der Waals surface area contributed by atoms with Crippen molar-refractivity contribution in [3.8, 4) is 0 Å². The van der Waals surface area contributed by atoms with Crippen molar-refractivity contribution in [2.24, 2.45) is 0 Å². The average Bonchev–Trinajstić information content (AvgIpc) is 2.35. The zero-order valence-corrected chi connectivity index (χ0v) is 12.8. The summed E-state index contributed by atoms with van der Waals surface area (Å²) < 4.78 is 0.665. The van der Waals surface area contributed by atoms with Crippen LogP contribution in [0.1, 0.15) is 17.3 Å². The van der Waals surface area contributed by atoms with Crippen molar-refractivity contribution < 1.29 is 14.7 Å². The number of carboxylic acid groups (broad SMARTS) is 1. The molecule has 1 aromatic heterocycles. The minimum absolute atomic E-state index is 0.356. The summed E-state index contributed by atoms with van der Waals surface area (Å²) in [5, 5.41) is 8.95. The Bertz CT molecular complexity index is 505. The van der Waals surface area contributed by atoms with Gasteiger partial charge in [-0.05, 0) is 28.9 Å². The SMILES string of the molecule is CC(C(=O)O)N(C)C(=O)c1cc(Br)cnc1N(C)C. The summed E-state index contributed by atoms with van der Waals surface area (Å²) in [5.74, 6) is -0.935. The zero-order chi connectivity index (χ0) is 14.7. The number of carbonyl (C=O) groups excluding carboxylic acids is 1. The fourth-order valence-corrected chi connectivity index (χ4v) is 1.81. The molecule has 1 N–H and O–H groups in total. The second kappa shape index (κ2) is 6.01. The van der Waals surface area contributed by atoms with E-state index >= 15 is 0 Å². The molecule has 1 amide bonds. The number of rotatable bonds is 4. The number of hydrogen-bond acceptors (Lipinski definition) is 4. The van der Waals surface area contributed by atoms with Crippen molar-refractivity contribution in [1.82, 2.24) is 9.88 Å². The number of halogens is 1. The highest BCUT2D eigenvalue weighted by atomic mass is 79.9. The lowest BCUT2D eigenvalue weighted by molar-refractivity contribution is -0.141. The monoisotopic (exact) mass is 329 g/mol. The summed E-state index contributed by atoms with van der Waals surface area (Å²) in [4.78, 5) is 30.3. The molecule has 0 radical (unpaired) electrons. The van der Waals surface area contributed by atoms with Gasteiger partial charge >= 0.3 is 5.97 Å². The molecule has 0 saturated heterocycles. The van der Waals surface area contributed by atoms with E-state index in [0.29, 0.717) is 15.9 Å². The van der Waals surface area contributed by atoms with Crippen LogP contribution in [0.25, 0.3) is 0 Å². The van der Waals surface area contributed by atoms with Gasteiger partial charge in [0.2, 0.25) is 0 Å². The molecule has 6 nitrogen and oxygen atoms in total. The Kier molecular flexibility index (Phi) is 4.88.